The van der Waals surface area contributed by atoms with Crippen LogP contribution in [0.15, 0.2) is 23.1 Å². The summed E-state index contributed by atoms with van der Waals surface area (Å²) in [5, 5.41) is 2.78. The van der Waals surface area contributed by atoms with Crippen LogP contribution in [0.5, 0.6) is 0 Å². The van der Waals surface area contributed by atoms with E-state index in [0.29, 0.717) is 36.4 Å². The number of anilines is 1. The van der Waals surface area contributed by atoms with Gasteiger partial charge in [0, 0.05) is 18.7 Å². The Labute approximate surface area is 142 Å². The molecule has 3 rings (SSSR count). The fourth-order valence-electron chi connectivity index (χ4n) is 3.40. The van der Waals surface area contributed by atoms with Crippen molar-refractivity contribution in [2.24, 2.45) is 0 Å². The standard InChI is InChI=1S/C17H22N2O4S/c1-2-4-16(20)19-9-3-5-14(19)17(21)18-13-7-6-12-8-10-24(22,23)15(12)11-13/h6-7,11,14H,2-5,8-10H2,1H3,(H,18,21). The maximum atomic E-state index is 12.5. The monoisotopic (exact) mass is 350 g/mol. The van der Waals surface area contributed by atoms with Crippen molar-refractivity contribution < 1.29 is 18.0 Å². The Balaban J connectivity index is 1.75. The van der Waals surface area contributed by atoms with Crippen LogP contribution in [0, 0.1) is 0 Å². The number of carbonyl (C=O) groups excluding carboxylic acids is 2. The number of sulfone groups is 1. The second kappa shape index (κ2) is 6.55. The van der Waals surface area contributed by atoms with Crippen molar-refractivity contribution in [2.45, 2.75) is 50.0 Å². The van der Waals surface area contributed by atoms with Crippen LogP contribution in [-0.2, 0) is 25.8 Å². The van der Waals surface area contributed by atoms with Crippen LogP contribution in [-0.4, -0.2) is 43.5 Å². The highest BCUT2D eigenvalue weighted by atomic mass is 32.2. The molecule has 130 valence electrons. The van der Waals surface area contributed by atoms with Gasteiger partial charge in [0.25, 0.3) is 0 Å². The lowest BCUT2D eigenvalue weighted by molar-refractivity contribution is -0.136. The van der Waals surface area contributed by atoms with Gasteiger partial charge in [-0.3, -0.25) is 9.59 Å². The van der Waals surface area contributed by atoms with Crippen molar-refractivity contribution in [2.75, 3.05) is 17.6 Å². The summed E-state index contributed by atoms with van der Waals surface area (Å²) < 4.78 is 24.0. The van der Waals surface area contributed by atoms with Crippen LogP contribution in [0.1, 0.15) is 38.2 Å². The maximum Gasteiger partial charge on any atom is 0.247 e. The van der Waals surface area contributed by atoms with E-state index in [4.69, 9.17) is 0 Å². The predicted octanol–water partition coefficient (Wildman–Crippen LogP) is 1.75. The third kappa shape index (κ3) is 3.17. The fraction of sp³-hybridized carbons (Fsp3) is 0.529. The van der Waals surface area contributed by atoms with E-state index in [1.165, 1.54) is 6.07 Å². The first kappa shape index (κ1) is 17.0. The zero-order valence-electron chi connectivity index (χ0n) is 13.7. The highest BCUT2D eigenvalue weighted by molar-refractivity contribution is 7.91. The van der Waals surface area contributed by atoms with E-state index in [9.17, 15) is 18.0 Å². The molecule has 2 amide bonds. The van der Waals surface area contributed by atoms with Gasteiger partial charge in [0.2, 0.25) is 11.8 Å². The van der Waals surface area contributed by atoms with Crippen LogP contribution in [0.2, 0.25) is 0 Å². The molecule has 0 spiro atoms. The van der Waals surface area contributed by atoms with E-state index in [2.05, 4.69) is 5.32 Å². The van der Waals surface area contributed by atoms with Crippen LogP contribution in [0.4, 0.5) is 5.69 Å². The number of nitrogens with zero attached hydrogens (tertiary/aromatic N) is 1. The minimum Gasteiger partial charge on any atom is -0.331 e. The molecule has 1 aromatic carbocycles. The molecular weight excluding hydrogens is 328 g/mol. The Kier molecular flexibility index (Phi) is 4.62. The van der Waals surface area contributed by atoms with Crippen LogP contribution >= 0.6 is 0 Å². The van der Waals surface area contributed by atoms with E-state index in [-0.39, 0.29) is 17.6 Å². The second-order valence-electron chi connectivity index (χ2n) is 6.38. The number of hydrogen-bond acceptors (Lipinski definition) is 4. The molecule has 1 atom stereocenters. The minimum atomic E-state index is -3.23. The molecule has 2 aliphatic heterocycles. The molecule has 0 saturated carbocycles. The van der Waals surface area contributed by atoms with Crippen molar-refractivity contribution >= 4 is 27.3 Å². The van der Waals surface area contributed by atoms with Crippen LogP contribution in [0.25, 0.3) is 0 Å². The lowest BCUT2D eigenvalue weighted by Crippen LogP contribution is -2.43. The lowest BCUT2D eigenvalue weighted by Gasteiger charge is -2.24. The first-order valence-electron chi connectivity index (χ1n) is 8.38. The van der Waals surface area contributed by atoms with E-state index >= 15 is 0 Å². The molecular formula is C17H22N2O4S. The molecule has 1 N–H and O–H groups in total. The molecule has 1 saturated heterocycles. The molecule has 7 heteroatoms. The highest BCUT2D eigenvalue weighted by Gasteiger charge is 2.34. The van der Waals surface area contributed by atoms with E-state index < -0.39 is 15.9 Å². The molecule has 0 aromatic heterocycles. The summed E-state index contributed by atoms with van der Waals surface area (Å²) >= 11 is 0. The van der Waals surface area contributed by atoms with E-state index in [1.54, 1.807) is 17.0 Å². The quantitative estimate of drug-likeness (QED) is 0.897. The molecule has 1 unspecified atom stereocenters. The lowest BCUT2D eigenvalue weighted by atomic mass is 10.1. The third-order valence-corrected chi connectivity index (χ3v) is 6.44. The zero-order chi connectivity index (χ0) is 17.3. The number of aryl methyl sites for hydroxylation is 1. The van der Waals surface area contributed by atoms with Gasteiger partial charge >= 0.3 is 0 Å². The maximum absolute atomic E-state index is 12.5. The van der Waals surface area contributed by atoms with Crippen LogP contribution in [0.3, 0.4) is 0 Å². The van der Waals surface area contributed by atoms with Gasteiger partial charge in [0.15, 0.2) is 9.84 Å². The molecule has 1 fully saturated rings. The van der Waals surface area contributed by atoms with Gasteiger partial charge in [0.05, 0.1) is 10.6 Å². The molecule has 1 aromatic rings. The third-order valence-electron chi connectivity index (χ3n) is 4.65. The average Bonchev–Trinajstić information content (AvgIpc) is 3.13. The van der Waals surface area contributed by atoms with Gasteiger partial charge in [-0.25, -0.2) is 8.42 Å². The van der Waals surface area contributed by atoms with Gasteiger partial charge in [-0.05, 0) is 43.4 Å². The smallest absolute Gasteiger partial charge is 0.247 e. The van der Waals surface area contributed by atoms with Gasteiger partial charge in [-0.2, -0.15) is 0 Å². The summed E-state index contributed by atoms with van der Waals surface area (Å²) in [6.45, 7) is 2.55. The predicted molar refractivity (Wildman–Crippen MR) is 90.5 cm³/mol. The fourth-order valence-corrected chi connectivity index (χ4v) is 4.99. The molecule has 0 aliphatic carbocycles. The first-order valence-corrected chi connectivity index (χ1v) is 10.0. The van der Waals surface area contributed by atoms with Gasteiger partial charge < -0.3 is 10.2 Å². The number of amides is 2. The number of nitrogens with one attached hydrogen (secondary N) is 1. The van der Waals surface area contributed by atoms with E-state index in [0.717, 1.165) is 18.4 Å². The van der Waals surface area contributed by atoms with Gasteiger partial charge in [0.1, 0.15) is 6.04 Å². The normalized spacial score (nSPS) is 21.5. The summed E-state index contributed by atoms with van der Waals surface area (Å²) in [5.41, 5.74) is 1.27. The molecule has 0 radical (unpaired) electrons. The number of fused-ring (bicyclic) bond motifs is 1. The summed E-state index contributed by atoms with van der Waals surface area (Å²) in [6.07, 6.45) is 3.18. The Bertz CT molecular complexity index is 773. The Hall–Kier alpha value is -1.89. The van der Waals surface area contributed by atoms with E-state index in [1.807, 2.05) is 6.92 Å². The van der Waals surface area contributed by atoms with Crippen molar-refractivity contribution in [1.82, 2.24) is 4.90 Å². The summed E-state index contributed by atoms with van der Waals surface area (Å²) in [4.78, 5) is 26.6. The molecule has 24 heavy (non-hydrogen) atoms. The Morgan fingerprint density at radius 2 is 2.12 bits per heavy atom. The Morgan fingerprint density at radius 1 is 1.33 bits per heavy atom. The number of hydrogen-bond donors (Lipinski definition) is 1. The summed E-state index contributed by atoms with van der Waals surface area (Å²) in [5.74, 6) is -0.110. The first-order chi connectivity index (χ1) is 11.4. The van der Waals surface area contributed by atoms with Gasteiger partial charge in [-0.15, -0.1) is 0 Å². The van der Waals surface area contributed by atoms with Crippen molar-refractivity contribution in [3.8, 4) is 0 Å². The van der Waals surface area contributed by atoms with Crippen molar-refractivity contribution in [3.63, 3.8) is 0 Å². The Morgan fingerprint density at radius 3 is 2.88 bits per heavy atom. The minimum absolute atomic E-state index is 0.00619. The summed E-state index contributed by atoms with van der Waals surface area (Å²) in [6, 6.07) is 4.55. The second-order valence-corrected chi connectivity index (χ2v) is 8.45. The average molecular weight is 350 g/mol. The largest absolute Gasteiger partial charge is 0.331 e. The zero-order valence-corrected chi connectivity index (χ0v) is 14.6. The molecule has 2 aliphatic rings. The number of carbonyl (C=O) groups is 2. The van der Waals surface area contributed by atoms with Gasteiger partial charge in [-0.1, -0.05) is 13.0 Å². The highest BCUT2D eigenvalue weighted by Crippen LogP contribution is 2.29. The van der Waals surface area contributed by atoms with Crippen LogP contribution < -0.4 is 5.32 Å². The molecule has 0 bridgehead atoms. The number of rotatable bonds is 4. The summed E-state index contributed by atoms with van der Waals surface area (Å²) in [7, 11) is -3.23. The SMILES string of the molecule is CCCC(=O)N1CCCC1C(=O)Nc1ccc2c(c1)S(=O)(=O)CC2. The molecule has 2 heterocycles. The molecule has 6 nitrogen and oxygen atoms in total. The number of likely N-dealkylation sites (tertiary alicyclic amines) is 1. The van der Waals surface area contributed by atoms with Crippen molar-refractivity contribution in [3.05, 3.63) is 23.8 Å². The van der Waals surface area contributed by atoms with Crippen molar-refractivity contribution in [1.29, 1.82) is 0 Å². The topological polar surface area (TPSA) is 83.6 Å². The number of benzene rings is 1.